The maximum Gasteiger partial charge on any atom is 0.492 e. The van der Waals surface area contributed by atoms with Crippen molar-refractivity contribution in [3.05, 3.63) is 34.0 Å². The lowest BCUT2D eigenvalue weighted by Gasteiger charge is -2.32. The van der Waals surface area contributed by atoms with E-state index in [-0.39, 0.29) is 17.3 Å². The number of aliphatic hydroxyl groups is 1. The molecule has 1 aromatic rings. The molecule has 1 aromatic carbocycles. The van der Waals surface area contributed by atoms with Gasteiger partial charge in [-0.2, -0.15) is 0 Å². The number of nitrogen functional groups attached to an aromatic ring is 1. The highest BCUT2D eigenvalue weighted by atomic mass is 35.5. The molecule has 1 fully saturated rings. The normalized spacial score (nSPS) is 20.5. The van der Waals surface area contributed by atoms with Crippen LogP contribution in [0.25, 0.3) is 6.08 Å². The van der Waals surface area contributed by atoms with Crippen molar-refractivity contribution in [2.24, 2.45) is 0 Å². The molecule has 0 spiro atoms. The van der Waals surface area contributed by atoms with E-state index in [1.54, 1.807) is 6.08 Å². The first kappa shape index (κ1) is 17.3. The van der Waals surface area contributed by atoms with Gasteiger partial charge in [-0.15, -0.1) is 0 Å². The summed E-state index contributed by atoms with van der Waals surface area (Å²) in [5.41, 5.74) is 5.45. The Bertz CT molecular complexity index is 603. The molecule has 4 nitrogen and oxygen atoms in total. The van der Waals surface area contributed by atoms with E-state index in [9.17, 15) is 9.50 Å². The van der Waals surface area contributed by atoms with Crippen LogP contribution in [0, 0.1) is 5.82 Å². The maximum absolute atomic E-state index is 13.7. The summed E-state index contributed by atoms with van der Waals surface area (Å²) in [5.74, 6) is -0.607. The molecular formula is C15H20BClFNO3. The van der Waals surface area contributed by atoms with E-state index in [0.29, 0.717) is 11.0 Å². The number of anilines is 1. The van der Waals surface area contributed by atoms with Crippen LogP contribution in [-0.4, -0.2) is 30.0 Å². The monoisotopic (exact) mass is 327 g/mol. The van der Waals surface area contributed by atoms with Gasteiger partial charge in [0.1, 0.15) is 5.82 Å². The highest BCUT2D eigenvalue weighted by molar-refractivity contribution is 6.55. The summed E-state index contributed by atoms with van der Waals surface area (Å²) in [6.45, 7) is 7.35. The zero-order valence-corrected chi connectivity index (χ0v) is 13.9. The van der Waals surface area contributed by atoms with Gasteiger partial charge < -0.3 is 20.1 Å². The molecule has 1 saturated heterocycles. The Morgan fingerprint density at radius 3 is 2.36 bits per heavy atom. The minimum atomic E-state index is -0.726. The SMILES string of the molecule is CC1(C)OB(C(=Cc2cc(Cl)cc(F)c2N)CO)OC1(C)C. The third-order valence-corrected chi connectivity index (χ3v) is 4.42. The smallest absolute Gasteiger partial charge is 0.400 e. The Morgan fingerprint density at radius 2 is 1.86 bits per heavy atom. The Morgan fingerprint density at radius 1 is 1.32 bits per heavy atom. The molecule has 0 atom stereocenters. The van der Waals surface area contributed by atoms with Crippen molar-refractivity contribution in [1.29, 1.82) is 0 Å². The van der Waals surface area contributed by atoms with Crippen molar-refractivity contribution in [2.45, 2.75) is 38.9 Å². The van der Waals surface area contributed by atoms with Crippen LogP contribution >= 0.6 is 11.6 Å². The molecule has 0 aromatic heterocycles. The molecule has 1 heterocycles. The number of hydrogen-bond donors (Lipinski definition) is 2. The van der Waals surface area contributed by atoms with Crippen molar-refractivity contribution < 1.29 is 18.8 Å². The van der Waals surface area contributed by atoms with Crippen LogP contribution in [0.15, 0.2) is 17.6 Å². The fraction of sp³-hybridized carbons (Fsp3) is 0.467. The lowest BCUT2D eigenvalue weighted by Crippen LogP contribution is -2.41. The molecule has 0 unspecified atom stereocenters. The van der Waals surface area contributed by atoms with E-state index < -0.39 is 24.1 Å². The fourth-order valence-electron chi connectivity index (χ4n) is 2.11. The molecule has 0 bridgehead atoms. The third kappa shape index (κ3) is 3.15. The van der Waals surface area contributed by atoms with Gasteiger partial charge in [0.2, 0.25) is 0 Å². The topological polar surface area (TPSA) is 64.7 Å². The lowest BCUT2D eigenvalue weighted by atomic mass is 9.77. The van der Waals surface area contributed by atoms with Gasteiger partial charge in [0, 0.05) is 10.6 Å². The molecule has 1 aliphatic rings. The maximum atomic E-state index is 13.7. The van der Waals surface area contributed by atoms with Gasteiger partial charge in [-0.05, 0) is 45.3 Å². The molecule has 7 heteroatoms. The molecule has 0 amide bonds. The summed E-state index contributed by atoms with van der Waals surface area (Å²) in [4.78, 5) is 0. The summed E-state index contributed by atoms with van der Waals surface area (Å²) in [6.07, 6.45) is 1.55. The molecule has 0 radical (unpaired) electrons. The van der Waals surface area contributed by atoms with Gasteiger partial charge >= 0.3 is 7.12 Å². The third-order valence-electron chi connectivity index (χ3n) is 4.21. The van der Waals surface area contributed by atoms with E-state index in [0.717, 1.165) is 6.07 Å². The molecule has 2 rings (SSSR count). The first-order valence-electron chi connectivity index (χ1n) is 6.99. The highest BCUT2D eigenvalue weighted by Crippen LogP contribution is 2.39. The van der Waals surface area contributed by atoms with Crippen LogP contribution < -0.4 is 5.73 Å². The molecule has 22 heavy (non-hydrogen) atoms. The number of rotatable bonds is 3. The first-order valence-corrected chi connectivity index (χ1v) is 7.36. The van der Waals surface area contributed by atoms with Crippen molar-refractivity contribution >= 4 is 30.5 Å². The molecule has 1 aliphatic heterocycles. The molecule has 3 N–H and O–H groups in total. The zero-order valence-electron chi connectivity index (χ0n) is 13.1. The average Bonchev–Trinajstić information content (AvgIpc) is 2.60. The minimum absolute atomic E-state index is 0.0353. The zero-order chi connectivity index (χ0) is 16.7. The van der Waals surface area contributed by atoms with E-state index in [1.807, 2.05) is 27.7 Å². The van der Waals surface area contributed by atoms with Gasteiger partial charge in [-0.1, -0.05) is 17.7 Å². The van der Waals surface area contributed by atoms with Crippen LogP contribution in [0.1, 0.15) is 33.3 Å². The van der Waals surface area contributed by atoms with Gasteiger partial charge in [0.15, 0.2) is 0 Å². The van der Waals surface area contributed by atoms with E-state index in [2.05, 4.69) is 0 Å². The van der Waals surface area contributed by atoms with Crippen LogP contribution in [0.3, 0.4) is 0 Å². The first-order chi connectivity index (χ1) is 10.1. The fourth-order valence-corrected chi connectivity index (χ4v) is 2.32. The Labute approximate surface area is 135 Å². The largest absolute Gasteiger partial charge is 0.492 e. The van der Waals surface area contributed by atoms with Crippen molar-refractivity contribution in [3.63, 3.8) is 0 Å². The van der Waals surface area contributed by atoms with E-state index >= 15 is 0 Å². The summed E-state index contributed by atoms with van der Waals surface area (Å²) in [7, 11) is -0.726. The Kier molecular flexibility index (Phi) is 4.60. The molecule has 0 aliphatic carbocycles. The lowest BCUT2D eigenvalue weighted by molar-refractivity contribution is 0.00578. The summed E-state index contributed by atoms with van der Waals surface area (Å²) in [6, 6.07) is 2.67. The van der Waals surface area contributed by atoms with Crippen LogP contribution in [0.2, 0.25) is 5.02 Å². The van der Waals surface area contributed by atoms with Gasteiger partial charge in [0.05, 0.1) is 23.5 Å². The van der Waals surface area contributed by atoms with Crippen molar-refractivity contribution in [1.82, 2.24) is 0 Å². The van der Waals surface area contributed by atoms with Crippen LogP contribution in [0.5, 0.6) is 0 Å². The Balaban J connectivity index is 2.38. The average molecular weight is 328 g/mol. The van der Waals surface area contributed by atoms with Gasteiger partial charge in [0.25, 0.3) is 0 Å². The second-order valence-corrected chi connectivity index (χ2v) is 6.79. The standard InChI is InChI=1S/C15H20BClFNO3/c1-14(2)15(3,4)22-16(21-14)10(8-20)5-9-6-11(17)7-12(18)13(9)19/h5-7,20H,8,19H2,1-4H3. The van der Waals surface area contributed by atoms with Gasteiger partial charge in [-0.25, -0.2) is 4.39 Å². The summed E-state index contributed by atoms with van der Waals surface area (Å²) < 4.78 is 25.4. The molecule has 120 valence electrons. The predicted octanol–water partition coefficient (Wildman–Crippen LogP) is 3.07. The molecule has 0 saturated carbocycles. The number of benzene rings is 1. The van der Waals surface area contributed by atoms with E-state index in [4.69, 9.17) is 26.6 Å². The number of aliphatic hydroxyl groups excluding tert-OH is 1. The minimum Gasteiger partial charge on any atom is -0.400 e. The predicted molar refractivity (Wildman–Crippen MR) is 87.0 cm³/mol. The number of nitrogens with two attached hydrogens (primary N) is 1. The van der Waals surface area contributed by atoms with Crippen molar-refractivity contribution in [3.8, 4) is 0 Å². The van der Waals surface area contributed by atoms with E-state index in [1.165, 1.54) is 6.07 Å². The Hall–Kier alpha value is -1.08. The van der Waals surface area contributed by atoms with Crippen LogP contribution in [0.4, 0.5) is 10.1 Å². The van der Waals surface area contributed by atoms with Crippen LogP contribution in [-0.2, 0) is 9.31 Å². The second-order valence-electron chi connectivity index (χ2n) is 6.36. The molecular weight excluding hydrogens is 307 g/mol. The van der Waals surface area contributed by atoms with Gasteiger partial charge in [-0.3, -0.25) is 0 Å². The summed E-state index contributed by atoms with van der Waals surface area (Å²) in [5, 5.41) is 9.85. The summed E-state index contributed by atoms with van der Waals surface area (Å²) >= 11 is 5.85. The van der Waals surface area contributed by atoms with Crippen molar-refractivity contribution in [2.75, 3.05) is 12.3 Å². The highest BCUT2D eigenvalue weighted by Gasteiger charge is 2.52. The number of hydrogen-bond acceptors (Lipinski definition) is 4. The quantitative estimate of drug-likeness (QED) is 0.661. The number of halogens is 2. The second kappa shape index (κ2) is 5.85.